The highest BCUT2D eigenvalue weighted by molar-refractivity contribution is 7.94. The molecule has 1 aromatic carbocycles. The zero-order valence-electron chi connectivity index (χ0n) is 16.7. The van der Waals surface area contributed by atoms with E-state index >= 15 is 0 Å². The largest absolute Gasteiger partial charge is 0.397 e. The number of hydrogen-bond acceptors (Lipinski definition) is 7. The summed E-state index contributed by atoms with van der Waals surface area (Å²) in [6.07, 6.45) is 5.95. The van der Waals surface area contributed by atoms with E-state index in [4.69, 9.17) is 5.73 Å². The van der Waals surface area contributed by atoms with Crippen molar-refractivity contribution < 1.29 is 18.2 Å². The predicted molar refractivity (Wildman–Crippen MR) is 121 cm³/mol. The number of aromatic nitrogens is 3. The minimum atomic E-state index is -3.97. The van der Waals surface area contributed by atoms with Crippen LogP contribution in [0.4, 0.5) is 17.3 Å². The summed E-state index contributed by atoms with van der Waals surface area (Å²) in [5.74, 6) is -0.497. The van der Waals surface area contributed by atoms with Crippen LogP contribution >= 0.6 is 11.3 Å². The van der Waals surface area contributed by atoms with Crippen LogP contribution in [-0.4, -0.2) is 24.3 Å². The van der Waals surface area contributed by atoms with Gasteiger partial charge in [-0.3, -0.25) is 9.52 Å². The van der Waals surface area contributed by atoms with Crippen molar-refractivity contribution in [2.75, 3.05) is 11.1 Å². The quantitative estimate of drug-likeness (QED) is 0.462. The fourth-order valence-electron chi connectivity index (χ4n) is 3.64. The van der Waals surface area contributed by atoms with Crippen LogP contribution in [0.2, 0.25) is 0 Å². The first-order valence-corrected chi connectivity index (χ1v) is 12.1. The molecule has 3 heterocycles. The fourth-order valence-corrected chi connectivity index (χ4v) is 5.55. The molecule has 0 aliphatic heterocycles. The van der Waals surface area contributed by atoms with Crippen molar-refractivity contribution in [2.45, 2.75) is 24.2 Å². The molecule has 5 rings (SSSR count). The fraction of sp³-hybridized carbons (Fsp3) is 0.143. The molecule has 32 heavy (non-hydrogen) atoms. The summed E-state index contributed by atoms with van der Waals surface area (Å²) in [6.45, 7) is 0. The van der Waals surface area contributed by atoms with Crippen molar-refractivity contribution in [3.63, 3.8) is 0 Å². The highest BCUT2D eigenvalue weighted by atomic mass is 32.2. The molecule has 11 heteroatoms. The Kier molecular flexibility index (Phi) is 4.98. The minimum Gasteiger partial charge on any atom is -0.397 e. The number of H-pyrrole nitrogens is 1. The lowest BCUT2D eigenvalue weighted by molar-refractivity contribution is -0.354. The Morgan fingerprint density at radius 2 is 1.91 bits per heavy atom. The molecule has 0 saturated carbocycles. The van der Waals surface area contributed by atoms with Crippen LogP contribution < -0.4 is 16.0 Å². The smallest absolute Gasteiger partial charge is 0.270 e. The van der Waals surface area contributed by atoms with Crippen molar-refractivity contribution in [1.82, 2.24) is 9.97 Å². The lowest BCUT2D eigenvalue weighted by atomic mass is 10.1. The maximum atomic E-state index is 12.8. The lowest BCUT2D eigenvalue weighted by Crippen LogP contribution is -2.12. The third-order valence-corrected chi connectivity index (χ3v) is 7.60. The number of hydrogen-bond donors (Lipinski definition) is 2. The number of aryl methyl sites for hydroxylation is 2. The molecule has 0 bridgehead atoms. The minimum absolute atomic E-state index is 0.0338. The molecule has 4 aromatic rings. The lowest BCUT2D eigenvalue weighted by Gasteiger charge is -2.12. The molecule has 0 fully saturated rings. The Bertz CT molecular complexity index is 1430. The number of aromatic amines is 1. The molecule has 0 saturated heterocycles. The van der Waals surface area contributed by atoms with Crippen LogP contribution in [-0.2, 0) is 22.9 Å². The molecule has 9 nitrogen and oxygen atoms in total. The number of nitrogen functional groups attached to an aromatic ring is 1. The highest BCUT2D eigenvalue weighted by Gasteiger charge is 2.25. The molecular formula is C21H18N6O3S2. The second-order valence-corrected chi connectivity index (χ2v) is 9.93. The topological polar surface area (TPSA) is 143 Å². The summed E-state index contributed by atoms with van der Waals surface area (Å²) >= 11 is 1.31. The van der Waals surface area contributed by atoms with Gasteiger partial charge in [-0.2, -0.15) is 4.98 Å². The monoisotopic (exact) mass is 466 g/mol. The van der Waals surface area contributed by atoms with Crippen LogP contribution in [0.5, 0.6) is 0 Å². The van der Waals surface area contributed by atoms with Gasteiger partial charge in [0.2, 0.25) is 10.0 Å². The standard InChI is InChI=1S/C21H18N6O3S2/c22-17-15-11-12-3-1-4-16(12)26-20(15)31-18(17)19(28)25-13-5-7-14(8-6-13)32(29,30)27-21-23-9-2-10-24-21/h2,5-11H,1,3-4H2,(H4,22,23,24,25,27,28). The molecule has 3 aromatic heterocycles. The molecule has 0 unspecified atom stereocenters. The van der Waals surface area contributed by atoms with Gasteiger partial charge >= 0.3 is 0 Å². The molecule has 1 aliphatic rings. The number of fused-ring (bicyclic) bond motifs is 2. The number of carbonyl (C=O) groups excluding carboxylic acids is 1. The second-order valence-electron chi connectivity index (χ2n) is 7.31. The number of benzene rings is 1. The van der Waals surface area contributed by atoms with E-state index in [-0.39, 0.29) is 16.8 Å². The van der Waals surface area contributed by atoms with E-state index in [0.29, 0.717) is 16.3 Å². The van der Waals surface area contributed by atoms with Gasteiger partial charge in [-0.25, -0.2) is 8.42 Å². The normalized spacial score (nSPS) is 13.1. The number of thiophene rings is 1. The summed E-state index contributed by atoms with van der Waals surface area (Å²) in [6, 6.07) is 9.36. The predicted octanol–water partition coefficient (Wildman–Crippen LogP) is 3.22. The van der Waals surface area contributed by atoms with E-state index in [1.54, 1.807) is 6.07 Å². The summed E-state index contributed by atoms with van der Waals surface area (Å²) in [5, 5.41) is 3.63. The number of nitrogens with zero attached hydrogens (tertiary/aromatic N) is 3. The van der Waals surface area contributed by atoms with Crippen LogP contribution in [0.1, 0.15) is 27.3 Å². The third-order valence-electron chi connectivity index (χ3n) is 5.20. The van der Waals surface area contributed by atoms with Crippen molar-refractivity contribution in [3.05, 3.63) is 69.6 Å². The molecule has 4 N–H and O–H groups in total. The maximum absolute atomic E-state index is 12.8. The van der Waals surface area contributed by atoms with Crippen molar-refractivity contribution >= 4 is 54.8 Å². The van der Waals surface area contributed by atoms with Gasteiger partial charge in [0.1, 0.15) is 4.88 Å². The van der Waals surface area contributed by atoms with E-state index in [9.17, 15) is 13.2 Å². The maximum Gasteiger partial charge on any atom is 0.270 e. The van der Waals surface area contributed by atoms with Crippen LogP contribution in [0.25, 0.3) is 14.9 Å². The first kappa shape index (κ1) is 20.3. The van der Waals surface area contributed by atoms with Gasteiger partial charge in [0.25, 0.3) is 10.7 Å². The summed E-state index contributed by atoms with van der Waals surface area (Å²) in [7, 11) is -3.97. The van der Waals surface area contributed by atoms with Crippen molar-refractivity contribution in [2.24, 2.45) is 0 Å². The number of rotatable bonds is 5. The molecule has 162 valence electrons. The molecule has 0 atom stereocenters. The Morgan fingerprint density at radius 3 is 2.66 bits per heavy atom. The van der Waals surface area contributed by atoms with E-state index in [1.165, 1.54) is 59.3 Å². The van der Waals surface area contributed by atoms with Gasteiger partial charge in [0.15, 0.2) is 5.69 Å². The zero-order chi connectivity index (χ0) is 22.3. The van der Waals surface area contributed by atoms with Crippen molar-refractivity contribution in [1.29, 1.82) is 0 Å². The second kappa shape index (κ2) is 7.84. The summed E-state index contributed by atoms with van der Waals surface area (Å²) in [5.41, 5.74) is 9.60. The van der Waals surface area contributed by atoms with Crippen molar-refractivity contribution in [3.8, 4) is 0 Å². The van der Waals surface area contributed by atoms with E-state index < -0.39 is 10.0 Å². The Labute approximate surface area is 187 Å². The van der Waals surface area contributed by atoms with Gasteiger partial charge in [-0.05, 0) is 55.6 Å². The van der Waals surface area contributed by atoms with Crippen LogP contribution in [0.15, 0.2) is 53.7 Å². The number of anilines is 2. The number of nitrogens with two attached hydrogens (primary N) is 1. The first-order chi connectivity index (χ1) is 15.4. The van der Waals surface area contributed by atoms with E-state index in [2.05, 4.69) is 31.1 Å². The molecule has 0 spiro atoms. The SMILES string of the molecule is Nc1c(C(=O)Nc2ccc(S(=O)(=O)[N-]c3ncccn3)cc2)sc2[nH+]c3c(cc12)CCC3. The first-order valence-electron chi connectivity index (χ1n) is 9.83. The number of sulfonamides is 1. The van der Waals surface area contributed by atoms with Gasteiger partial charge in [0, 0.05) is 23.6 Å². The zero-order valence-corrected chi connectivity index (χ0v) is 18.3. The van der Waals surface area contributed by atoms with E-state index in [1.807, 2.05) is 0 Å². The number of amides is 1. The molecule has 1 amide bonds. The molecule has 1 aliphatic carbocycles. The molecular weight excluding hydrogens is 448 g/mol. The van der Waals surface area contributed by atoms with Crippen LogP contribution in [0.3, 0.4) is 0 Å². The summed E-state index contributed by atoms with van der Waals surface area (Å²) in [4.78, 5) is 25.1. The number of carbonyl (C=O) groups is 1. The van der Waals surface area contributed by atoms with Crippen LogP contribution in [0, 0.1) is 0 Å². The van der Waals surface area contributed by atoms with E-state index in [0.717, 1.165) is 29.5 Å². The van der Waals surface area contributed by atoms with Gasteiger partial charge in [-0.15, -0.1) is 0 Å². The molecule has 0 radical (unpaired) electrons. The summed E-state index contributed by atoms with van der Waals surface area (Å²) < 4.78 is 28.5. The average Bonchev–Trinajstić information content (AvgIpc) is 3.37. The average molecular weight is 467 g/mol. The van der Waals surface area contributed by atoms with Gasteiger partial charge in [0.05, 0.1) is 16.0 Å². The van der Waals surface area contributed by atoms with Gasteiger partial charge in [-0.1, -0.05) is 17.4 Å². The number of pyridine rings is 1. The third kappa shape index (κ3) is 3.76. The number of nitrogens with one attached hydrogen (secondary N) is 2. The Hall–Kier alpha value is -3.57. The van der Waals surface area contributed by atoms with Gasteiger partial charge < -0.3 is 21.0 Å². The Balaban J connectivity index is 1.34. The Morgan fingerprint density at radius 1 is 1.16 bits per heavy atom. The highest BCUT2D eigenvalue weighted by Crippen LogP contribution is 2.34.